The van der Waals surface area contributed by atoms with Gasteiger partial charge in [-0.1, -0.05) is 51.1 Å². The van der Waals surface area contributed by atoms with E-state index in [-0.39, 0.29) is 36.8 Å². The van der Waals surface area contributed by atoms with Crippen molar-refractivity contribution in [1.82, 2.24) is 10.6 Å². The van der Waals surface area contributed by atoms with Gasteiger partial charge in [-0.3, -0.25) is 9.59 Å². The molecule has 2 amide bonds. The topological polar surface area (TPSA) is 119 Å². The summed E-state index contributed by atoms with van der Waals surface area (Å²) in [6.45, 7) is 6.87. The van der Waals surface area contributed by atoms with Crippen LogP contribution in [0.5, 0.6) is 0 Å². The number of ether oxygens (including phenoxy) is 1. The van der Waals surface area contributed by atoms with E-state index in [0.717, 1.165) is 23.8 Å². The number of nitrogens with two attached hydrogens (primary N) is 2. The number of benzene rings is 2. The maximum Gasteiger partial charge on any atom is 0.224 e. The number of nitrogens with one attached hydrogen (secondary N) is 2. The summed E-state index contributed by atoms with van der Waals surface area (Å²) in [7, 11) is 0. The molecule has 0 bridgehead atoms. The second kappa shape index (κ2) is 14.0. The Labute approximate surface area is 212 Å². The highest BCUT2D eigenvalue weighted by molar-refractivity contribution is 5.79. The second-order valence-corrected chi connectivity index (χ2v) is 10.0. The van der Waals surface area contributed by atoms with Gasteiger partial charge < -0.3 is 26.8 Å². The summed E-state index contributed by atoms with van der Waals surface area (Å²) in [6.07, 6.45) is 0.0108. The normalized spacial score (nSPS) is 14.1. The Bertz CT molecular complexity index is 988. The van der Waals surface area contributed by atoms with E-state index in [1.807, 2.05) is 44.2 Å². The minimum Gasteiger partial charge on any atom is -0.375 e. The van der Waals surface area contributed by atoms with Gasteiger partial charge in [-0.25, -0.2) is 8.78 Å². The minimum absolute atomic E-state index is 0.0345. The van der Waals surface area contributed by atoms with Crippen molar-refractivity contribution in [3.05, 3.63) is 71.3 Å². The summed E-state index contributed by atoms with van der Waals surface area (Å²) in [5.74, 6) is -2.05. The van der Waals surface area contributed by atoms with Crippen molar-refractivity contribution in [2.24, 2.45) is 22.8 Å². The van der Waals surface area contributed by atoms with E-state index in [1.165, 1.54) is 0 Å². The summed E-state index contributed by atoms with van der Waals surface area (Å²) >= 11 is 0. The van der Waals surface area contributed by atoms with Crippen LogP contribution in [0.1, 0.15) is 38.3 Å². The maximum atomic E-state index is 13.8. The molecule has 0 saturated heterocycles. The first kappa shape index (κ1) is 29.4. The third-order valence-corrected chi connectivity index (χ3v) is 5.92. The molecule has 2 aromatic carbocycles. The van der Waals surface area contributed by atoms with Gasteiger partial charge in [-0.2, -0.15) is 0 Å². The fraction of sp³-hybridized carbons (Fsp3) is 0.481. The number of hydrogen-bond acceptors (Lipinski definition) is 5. The van der Waals surface area contributed by atoms with Crippen molar-refractivity contribution in [1.29, 1.82) is 0 Å². The predicted octanol–water partition coefficient (Wildman–Crippen LogP) is 2.66. The summed E-state index contributed by atoms with van der Waals surface area (Å²) in [6, 6.07) is 11.8. The molecule has 0 aliphatic rings. The number of carbonyl (C=O) groups excluding carboxylic acids is 2. The average molecular weight is 505 g/mol. The zero-order valence-electron chi connectivity index (χ0n) is 21.2. The third-order valence-electron chi connectivity index (χ3n) is 5.92. The van der Waals surface area contributed by atoms with Gasteiger partial charge in [0, 0.05) is 31.6 Å². The van der Waals surface area contributed by atoms with E-state index in [4.69, 9.17) is 16.2 Å². The first-order valence-corrected chi connectivity index (χ1v) is 12.1. The maximum absolute atomic E-state index is 13.8. The molecule has 7 nitrogen and oxygen atoms in total. The number of rotatable bonds is 14. The number of amides is 2. The second-order valence-electron chi connectivity index (χ2n) is 10.0. The van der Waals surface area contributed by atoms with Gasteiger partial charge in [-0.15, -0.1) is 0 Å². The predicted molar refractivity (Wildman–Crippen MR) is 136 cm³/mol. The Kier molecular flexibility index (Phi) is 11.4. The molecule has 0 radical (unpaired) electrons. The van der Waals surface area contributed by atoms with Crippen LogP contribution in [0.2, 0.25) is 0 Å². The summed E-state index contributed by atoms with van der Waals surface area (Å²) in [4.78, 5) is 24.9. The zero-order valence-corrected chi connectivity index (χ0v) is 21.2. The quantitative estimate of drug-likeness (QED) is 0.315. The molecule has 2 rings (SSSR count). The van der Waals surface area contributed by atoms with Crippen LogP contribution in [0.25, 0.3) is 0 Å². The van der Waals surface area contributed by atoms with Gasteiger partial charge in [0.15, 0.2) is 0 Å². The molecule has 36 heavy (non-hydrogen) atoms. The molecule has 6 N–H and O–H groups in total. The van der Waals surface area contributed by atoms with E-state index < -0.39 is 35.1 Å². The minimum atomic E-state index is -0.657. The number of carbonyl (C=O) groups is 2. The molecule has 0 saturated carbocycles. The average Bonchev–Trinajstić information content (AvgIpc) is 2.83. The Morgan fingerprint density at radius 3 is 2.39 bits per heavy atom. The molecule has 0 fully saturated rings. The van der Waals surface area contributed by atoms with E-state index in [2.05, 4.69) is 10.6 Å². The van der Waals surface area contributed by atoms with Crippen molar-refractivity contribution in [3.63, 3.8) is 0 Å². The zero-order chi connectivity index (χ0) is 26.7. The van der Waals surface area contributed by atoms with Crippen LogP contribution < -0.4 is 22.1 Å². The van der Waals surface area contributed by atoms with E-state index in [0.29, 0.717) is 19.7 Å². The van der Waals surface area contributed by atoms with E-state index in [9.17, 15) is 18.4 Å². The number of hydrogen-bond donors (Lipinski definition) is 4. The lowest BCUT2D eigenvalue weighted by Gasteiger charge is -2.27. The van der Waals surface area contributed by atoms with Gasteiger partial charge in [-0.05, 0) is 41.2 Å². The van der Waals surface area contributed by atoms with Gasteiger partial charge in [0.2, 0.25) is 11.8 Å². The van der Waals surface area contributed by atoms with Crippen LogP contribution in [0.4, 0.5) is 8.78 Å². The van der Waals surface area contributed by atoms with Gasteiger partial charge in [0.1, 0.15) is 11.6 Å². The van der Waals surface area contributed by atoms with Crippen LogP contribution >= 0.6 is 0 Å². The molecular formula is C27H38F2N4O3. The highest BCUT2D eigenvalue weighted by atomic mass is 19.1. The lowest BCUT2D eigenvalue weighted by molar-refractivity contribution is -0.126. The lowest BCUT2D eigenvalue weighted by Crippen LogP contribution is -2.47. The van der Waals surface area contributed by atoms with Crippen LogP contribution in [0.15, 0.2) is 48.5 Å². The molecule has 0 spiro atoms. The SMILES string of the molecule is C[C@@H](C(=O)NCC(C)(C)CNC(=O)CC(N)Cc1cc(F)ccc1F)C(N)COCc1ccccc1. The molecule has 0 heterocycles. The van der Waals surface area contributed by atoms with Gasteiger partial charge in [0.05, 0.1) is 19.1 Å². The van der Waals surface area contributed by atoms with Crippen LogP contribution in [0, 0.1) is 23.0 Å². The highest BCUT2D eigenvalue weighted by Gasteiger charge is 2.25. The Morgan fingerprint density at radius 2 is 1.69 bits per heavy atom. The van der Waals surface area contributed by atoms with Gasteiger partial charge in [0.25, 0.3) is 0 Å². The smallest absolute Gasteiger partial charge is 0.224 e. The third kappa shape index (κ3) is 10.4. The molecule has 0 aliphatic heterocycles. The fourth-order valence-electron chi connectivity index (χ4n) is 3.48. The Balaban J connectivity index is 1.69. The first-order valence-electron chi connectivity index (χ1n) is 12.1. The van der Waals surface area contributed by atoms with Crippen LogP contribution in [0.3, 0.4) is 0 Å². The summed E-state index contributed by atoms with van der Waals surface area (Å²) in [5, 5.41) is 5.69. The Morgan fingerprint density at radius 1 is 1.03 bits per heavy atom. The monoisotopic (exact) mass is 504 g/mol. The first-order chi connectivity index (χ1) is 17.0. The van der Waals surface area contributed by atoms with Crippen LogP contribution in [-0.4, -0.2) is 43.6 Å². The largest absolute Gasteiger partial charge is 0.375 e. The molecule has 9 heteroatoms. The number of halogens is 2. The molecule has 0 aromatic heterocycles. The molecular weight excluding hydrogens is 466 g/mol. The molecule has 198 valence electrons. The molecule has 0 aliphatic carbocycles. The van der Waals surface area contributed by atoms with E-state index in [1.54, 1.807) is 6.92 Å². The van der Waals surface area contributed by atoms with Crippen molar-refractivity contribution in [2.45, 2.75) is 52.3 Å². The van der Waals surface area contributed by atoms with E-state index >= 15 is 0 Å². The van der Waals surface area contributed by atoms with Crippen molar-refractivity contribution < 1.29 is 23.1 Å². The lowest BCUT2D eigenvalue weighted by atomic mass is 9.92. The molecule has 2 aromatic rings. The summed E-state index contributed by atoms with van der Waals surface area (Å²) < 4.78 is 32.8. The van der Waals surface area contributed by atoms with Crippen molar-refractivity contribution in [2.75, 3.05) is 19.7 Å². The Hall–Kier alpha value is -2.88. The van der Waals surface area contributed by atoms with Crippen LogP contribution in [-0.2, 0) is 27.4 Å². The highest BCUT2D eigenvalue weighted by Crippen LogP contribution is 2.15. The molecule has 2 unspecified atom stereocenters. The van der Waals surface area contributed by atoms with Crippen molar-refractivity contribution in [3.8, 4) is 0 Å². The molecule has 3 atom stereocenters. The van der Waals surface area contributed by atoms with Crippen molar-refractivity contribution >= 4 is 11.8 Å². The van der Waals surface area contributed by atoms with Gasteiger partial charge >= 0.3 is 0 Å². The summed E-state index contributed by atoms with van der Waals surface area (Å²) in [5.41, 5.74) is 12.8. The fourth-order valence-corrected chi connectivity index (χ4v) is 3.48. The standard InChI is InChI=1S/C27H38F2N4O3/c1-18(24(31)15-36-14-19-7-5-4-6-8-19)26(35)33-17-27(2,3)16-32-25(34)13-22(30)12-20-11-21(28)9-10-23(20)29/h4-11,18,22,24H,12-17,30-31H2,1-3H3,(H,32,34)(H,33,35)/t18-,22?,24?/m1/s1.